The summed E-state index contributed by atoms with van der Waals surface area (Å²) < 4.78 is 6.42. The molecule has 2 aliphatic heterocycles. The minimum Gasteiger partial charge on any atom is -0.364 e. The molecular weight excluding hydrogens is 360 g/mol. The van der Waals surface area contributed by atoms with Crippen LogP contribution in [0.1, 0.15) is 47.1 Å². The quantitative estimate of drug-likeness (QED) is 0.792. The fourth-order valence-corrected chi connectivity index (χ4v) is 4.63. The third-order valence-corrected chi connectivity index (χ3v) is 6.02. The Kier molecular flexibility index (Phi) is 4.56. The summed E-state index contributed by atoms with van der Waals surface area (Å²) in [5.74, 6) is -0.282. The summed E-state index contributed by atoms with van der Waals surface area (Å²) in [6.07, 6.45) is 3.19. The van der Waals surface area contributed by atoms with Crippen LogP contribution in [-0.4, -0.2) is 50.0 Å². The van der Waals surface area contributed by atoms with Crippen LogP contribution >= 0.6 is 0 Å². The summed E-state index contributed by atoms with van der Waals surface area (Å²) in [5.41, 5.74) is 2.45. The molecule has 28 heavy (non-hydrogen) atoms. The smallest absolute Gasteiger partial charge is 0.263 e. The lowest BCUT2D eigenvalue weighted by Gasteiger charge is -2.25. The molecule has 0 radical (unpaired) electrons. The number of pyridine rings is 1. The lowest BCUT2D eigenvalue weighted by molar-refractivity contribution is -0.129. The van der Waals surface area contributed by atoms with Crippen molar-refractivity contribution in [1.29, 1.82) is 0 Å². The zero-order valence-electron chi connectivity index (χ0n) is 16.3. The topological polar surface area (TPSA) is 88.7 Å². The summed E-state index contributed by atoms with van der Waals surface area (Å²) in [7, 11) is 1.70. The first-order valence-electron chi connectivity index (χ1n) is 9.61. The largest absolute Gasteiger partial charge is 0.364 e. The zero-order valence-corrected chi connectivity index (χ0v) is 16.3. The van der Waals surface area contributed by atoms with Crippen molar-refractivity contribution >= 4 is 11.8 Å². The second kappa shape index (κ2) is 6.92. The summed E-state index contributed by atoms with van der Waals surface area (Å²) in [6.45, 7) is 4.82. The van der Waals surface area contributed by atoms with Crippen molar-refractivity contribution in [3.63, 3.8) is 0 Å². The number of fused-ring (bicyclic) bond motifs is 1. The van der Waals surface area contributed by atoms with Gasteiger partial charge in [-0.15, -0.1) is 0 Å². The van der Waals surface area contributed by atoms with E-state index in [-0.39, 0.29) is 41.4 Å². The van der Waals surface area contributed by atoms with E-state index in [4.69, 9.17) is 4.52 Å². The maximum absolute atomic E-state index is 13.2. The van der Waals surface area contributed by atoms with E-state index in [9.17, 15) is 14.4 Å². The van der Waals surface area contributed by atoms with Gasteiger partial charge in [0.1, 0.15) is 17.5 Å². The summed E-state index contributed by atoms with van der Waals surface area (Å²) in [5, 5.41) is 3.88. The number of aryl methyl sites for hydroxylation is 1. The molecule has 0 aromatic carbocycles. The molecule has 2 atom stereocenters. The van der Waals surface area contributed by atoms with Crippen LogP contribution in [0.3, 0.4) is 0 Å². The van der Waals surface area contributed by atoms with E-state index in [1.165, 1.54) is 6.26 Å². The van der Waals surface area contributed by atoms with Gasteiger partial charge in [0.25, 0.3) is 11.5 Å². The molecule has 2 saturated heterocycles. The van der Waals surface area contributed by atoms with Crippen LogP contribution in [0.2, 0.25) is 0 Å². The molecule has 4 rings (SSSR count). The monoisotopic (exact) mass is 384 g/mol. The van der Waals surface area contributed by atoms with Crippen molar-refractivity contribution in [2.45, 2.75) is 51.7 Å². The molecule has 2 amide bonds. The van der Waals surface area contributed by atoms with Crippen molar-refractivity contribution < 1.29 is 14.1 Å². The van der Waals surface area contributed by atoms with Crippen LogP contribution in [-0.2, 0) is 24.8 Å². The van der Waals surface area contributed by atoms with Gasteiger partial charge < -0.3 is 18.9 Å². The van der Waals surface area contributed by atoms with Gasteiger partial charge in [-0.25, -0.2) is 0 Å². The normalized spacial score (nSPS) is 21.5. The maximum atomic E-state index is 13.2. The first-order chi connectivity index (χ1) is 13.4. The predicted molar refractivity (Wildman–Crippen MR) is 101 cm³/mol. The highest BCUT2D eigenvalue weighted by molar-refractivity contribution is 5.95. The summed E-state index contributed by atoms with van der Waals surface area (Å²) in [4.78, 5) is 42.0. The molecule has 2 aliphatic rings. The van der Waals surface area contributed by atoms with Gasteiger partial charge in [-0.2, -0.15) is 0 Å². The van der Waals surface area contributed by atoms with Crippen LogP contribution in [0, 0.1) is 6.92 Å². The Labute approximate surface area is 162 Å². The van der Waals surface area contributed by atoms with Crippen LogP contribution in [0.25, 0.3) is 0 Å². The van der Waals surface area contributed by atoms with Gasteiger partial charge in [0, 0.05) is 31.8 Å². The number of hydrogen-bond acceptors (Lipinski definition) is 5. The first-order valence-corrected chi connectivity index (χ1v) is 9.61. The minimum atomic E-state index is -0.282. The zero-order chi connectivity index (χ0) is 20.0. The van der Waals surface area contributed by atoms with Gasteiger partial charge in [-0.3, -0.25) is 14.4 Å². The number of carbonyl (C=O) groups excluding carboxylic acids is 2. The Balaban J connectivity index is 1.59. The summed E-state index contributed by atoms with van der Waals surface area (Å²) >= 11 is 0. The van der Waals surface area contributed by atoms with Gasteiger partial charge in [0.15, 0.2) is 0 Å². The molecule has 0 spiro atoms. The minimum absolute atomic E-state index is 0.000846. The van der Waals surface area contributed by atoms with Crippen molar-refractivity contribution in [2.24, 2.45) is 7.05 Å². The summed E-state index contributed by atoms with van der Waals surface area (Å²) in [6, 6.07) is 3.18. The average molecular weight is 384 g/mol. The van der Waals surface area contributed by atoms with E-state index in [1.807, 2.05) is 13.8 Å². The van der Waals surface area contributed by atoms with Gasteiger partial charge in [-0.1, -0.05) is 12.1 Å². The SMILES string of the molecule is CCc1c(C)cc(C(=O)N2CC[C@H]3[C@@H]2CC(=O)N3Cc2ccon2)c(=O)n1C. The van der Waals surface area contributed by atoms with Crippen molar-refractivity contribution in [1.82, 2.24) is 19.5 Å². The standard InChI is InChI=1S/C20H24N4O4/c1-4-15-12(2)9-14(19(26)22(15)3)20(27)23-7-5-16-17(23)10-18(25)24(16)11-13-6-8-28-21-13/h6,8-9,16-17H,4-5,7,10-11H2,1-3H3/t16-,17-/m0/s1. The van der Waals surface area contributed by atoms with Crippen molar-refractivity contribution in [3.05, 3.63) is 51.3 Å². The average Bonchev–Trinajstić information content (AvgIpc) is 3.38. The fourth-order valence-electron chi connectivity index (χ4n) is 4.63. The molecule has 8 nitrogen and oxygen atoms in total. The number of amides is 2. The highest BCUT2D eigenvalue weighted by Crippen LogP contribution is 2.34. The molecule has 148 valence electrons. The molecular formula is C20H24N4O4. The molecule has 2 aromatic rings. The van der Waals surface area contributed by atoms with E-state index >= 15 is 0 Å². The highest BCUT2D eigenvalue weighted by Gasteiger charge is 2.48. The molecule has 0 bridgehead atoms. The number of aromatic nitrogens is 2. The first kappa shape index (κ1) is 18.5. The van der Waals surface area contributed by atoms with E-state index in [1.54, 1.807) is 33.5 Å². The number of carbonyl (C=O) groups is 2. The molecule has 0 N–H and O–H groups in total. The Morgan fingerprint density at radius 3 is 2.79 bits per heavy atom. The van der Waals surface area contributed by atoms with Gasteiger partial charge >= 0.3 is 0 Å². The van der Waals surface area contributed by atoms with Crippen molar-refractivity contribution in [3.8, 4) is 0 Å². The van der Waals surface area contributed by atoms with E-state index < -0.39 is 0 Å². The van der Waals surface area contributed by atoms with E-state index in [0.717, 1.165) is 17.7 Å². The third-order valence-electron chi connectivity index (χ3n) is 6.02. The maximum Gasteiger partial charge on any atom is 0.263 e. The van der Waals surface area contributed by atoms with E-state index in [2.05, 4.69) is 5.16 Å². The Hall–Kier alpha value is -2.90. The molecule has 0 unspecified atom stereocenters. The Morgan fingerprint density at radius 2 is 2.11 bits per heavy atom. The predicted octanol–water partition coefficient (Wildman–Crippen LogP) is 1.26. The van der Waals surface area contributed by atoms with E-state index in [0.29, 0.717) is 25.2 Å². The Morgan fingerprint density at radius 1 is 1.32 bits per heavy atom. The molecule has 0 saturated carbocycles. The molecule has 8 heteroatoms. The van der Waals surface area contributed by atoms with Gasteiger partial charge in [0.05, 0.1) is 18.6 Å². The number of nitrogens with zero attached hydrogens (tertiary/aromatic N) is 4. The fraction of sp³-hybridized carbons (Fsp3) is 0.500. The van der Waals surface area contributed by atoms with Crippen LogP contribution in [0.5, 0.6) is 0 Å². The number of hydrogen-bond donors (Lipinski definition) is 0. The van der Waals surface area contributed by atoms with Gasteiger partial charge in [0.2, 0.25) is 5.91 Å². The number of likely N-dealkylation sites (tertiary alicyclic amines) is 2. The lowest BCUT2D eigenvalue weighted by atomic mass is 10.1. The van der Waals surface area contributed by atoms with Crippen molar-refractivity contribution in [2.75, 3.05) is 6.54 Å². The van der Waals surface area contributed by atoms with Gasteiger partial charge in [-0.05, 0) is 31.4 Å². The second-order valence-electron chi connectivity index (χ2n) is 7.54. The third kappa shape index (κ3) is 2.83. The number of rotatable bonds is 4. The lowest BCUT2D eigenvalue weighted by Crippen LogP contribution is -2.42. The van der Waals surface area contributed by atoms with Crippen LogP contribution in [0.4, 0.5) is 0 Å². The second-order valence-corrected chi connectivity index (χ2v) is 7.54. The molecule has 2 fully saturated rings. The Bertz CT molecular complexity index is 979. The molecule has 4 heterocycles. The highest BCUT2D eigenvalue weighted by atomic mass is 16.5. The van der Waals surface area contributed by atoms with Crippen LogP contribution in [0.15, 0.2) is 27.7 Å². The van der Waals surface area contributed by atoms with Crippen LogP contribution < -0.4 is 5.56 Å². The molecule has 0 aliphatic carbocycles. The molecule has 2 aromatic heterocycles.